The van der Waals surface area contributed by atoms with E-state index in [0.717, 1.165) is 6.07 Å². The van der Waals surface area contributed by atoms with Crippen molar-refractivity contribution in [3.8, 4) is 0 Å². The van der Waals surface area contributed by atoms with Crippen molar-refractivity contribution in [1.29, 1.82) is 0 Å². The molecule has 0 heterocycles. The van der Waals surface area contributed by atoms with Gasteiger partial charge in [0.2, 0.25) is 0 Å². The zero-order chi connectivity index (χ0) is 14.0. The highest BCUT2D eigenvalue weighted by atomic mass is 35.5. The summed E-state index contributed by atoms with van der Waals surface area (Å²) in [7, 11) is -4.51. The molecule has 1 N–H and O–H groups in total. The molecular formula is C13H9ClO4S. The summed E-state index contributed by atoms with van der Waals surface area (Å²) >= 11 is 5.88. The highest BCUT2D eigenvalue weighted by Crippen LogP contribution is 2.26. The Kier molecular flexibility index (Phi) is 3.71. The fourth-order valence-electron chi connectivity index (χ4n) is 1.67. The maximum atomic E-state index is 12.3. The van der Waals surface area contributed by atoms with Gasteiger partial charge in [-0.15, -0.1) is 0 Å². The number of ketones is 1. The molecule has 0 aromatic heterocycles. The van der Waals surface area contributed by atoms with Gasteiger partial charge >= 0.3 is 0 Å². The SMILES string of the molecule is O=C(c1ccccc1)c1c(Cl)cccc1S(=O)(=O)O. The Morgan fingerprint density at radius 1 is 1.00 bits per heavy atom. The molecule has 0 bridgehead atoms. The van der Waals surface area contributed by atoms with E-state index in [-0.39, 0.29) is 10.6 Å². The second-order valence-corrected chi connectivity index (χ2v) is 5.58. The fraction of sp³-hybridized carbons (Fsp3) is 0. The van der Waals surface area contributed by atoms with Gasteiger partial charge in [0.05, 0.1) is 10.6 Å². The fourth-order valence-corrected chi connectivity index (χ4v) is 2.70. The molecule has 0 aliphatic rings. The molecule has 19 heavy (non-hydrogen) atoms. The largest absolute Gasteiger partial charge is 0.295 e. The number of benzene rings is 2. The summed E-state index contributed by atoms with van der Waals surface area (Å²) < 4.78 is 31.7. The van der Waals surface area contributed by atoms with Crippen LogP contribution in [0.1, 0.15) is 15.9 Å². The minimum atomic E-state index is -4.51. The van der Waals surface area contributed by atoms with Gasteiger partial charge in [-0.25, -0.2) is 0 Å². The average Bonchev–Trinajstić information content (AvgIpc) is 2.37. The molecule has 0 fully saturated rings. The number of rotatable bonds is 3. The van der Waals surface area contributed by atoms with Crippen LogP contribution in [0.15, 0.2) is 53.4 Å². The molecule has 0 spiro atoms. The summed E-state index contributed by atoms with van der Waals surface area (Å²) in [6, 6.07) is 12.0. The number of carbonyl (C=O) groups excluding carboxylic acids is 1. The Hall–Kier alpha value is -1.69. The second kappa shape index (κ2) is 5.13. The van der Waals surface area contributed by atoms with Crippen LogP contribution in [-0.2, 0) is 10.1 Å². The molecule has 0 unspecified atom stereocenters. The number of carbonyl (C=O) groups is 1. The van der Waals surface area contributed by atoms with Gasteiger partial charge < -0.3 is 0 Å². The summed E-state index contributed by atoms with van der Waals surface area (Å²) in [6.45, 7) is 0. The van der Waals surface area contributed by atoms with Gasteiger partial charge in [0.1, 0.15) is 4.90 Å². The van der Waals surface area contributed by atoms with Gasteiger partial charge in [0.15, 0.2) is 5.78 Å². The van der Waals surface area contributed by atoms with Crippen molar-refractivity contribution in [2.24, 2.45) is 0 Å². The minimum Gasteiger partial charge on any atom is -0.289 e. The third-order valence-corrected chi connectivity index (χ3v) is 3.73. The zero-order valence-corrected chi connectivity index (χ0v) is 11.1. The predicted molar refractivity (Wildman–Crippen MR) is 71.1 cm³/mol. The highest BCUT2D eigenvalue weighted by molar-refractivity contribution is 7.86. The molecule has 0 saturated heterocycles. The van der Waals surface area contributed by atoms with Crippen molar-refractivity contribution >= 4 is 27.5 Å². The van der Waals surface area contributed by atoms with Crippen LogP contribution in [0.4, 0.5) is 0 Å². The number of hydrogen-bond acceptors (Lipinski definition) is 3. The van der Waals surface area contributed by atoms with E-state index in [1.165, 1.54) is 12.1 Å². The van der Waals surface area contributed by atoms with Crippen LogP contribution >= 0.6 is 11.6 Å². The van der Waals surface area contributed by atoms with Crippen LogP contribution in [0.3, 0.4) is 0 Å². The minimum absolute atomic E-state index is 0.0241. The molecule has 0 aliphatic heterocycles. The van der Waals surface area contributed by atoms with Crippen LogP contribution in [-0.4, -0.2) is 18.8 Å². The number of hydrogen-bond donors (Lipinski definition) is 1. The van der Waals surface area contributed by atoms with E-state index in [1.54, 1.807) is 30.3 Å². The van der Waals surface area contributed by atoms with E-state index in [9.17, 15) is 13.2 Å². The molecule has 2 rings (SSSR count). The summed E-state index contributed by atoms with van der Waals surface area (Å²) in [5.74, 6) is -0.557. The zero-order valence-electron chi connectivity index (χ0n) is 9.58. The molecule has 0 saturated carbocycles. The molecule has 0 radical (unpaired) electrons. The van der Waals surface area contributed by atoms with Crippen molar-refractivity contribution in [2.45, 2.75) is 4.90 Å². The maximum absolute atomic E-state index is 12.3. The second-order valence-electron chi connectivity index (χ2n) is 3.78. The van der Waals surface area contributed by atoms with Gasteiger partial charge in [0.25, 0.3) is 10.1 Å². The Morgan fingerprint density at radius 2 is 1.63 bits per heavy atom. The summed E-state index contributed by atoms with van der Waals surface area (Å²) in [6.07, 6.45) is 0. The van der Waals surface area contributed by atoms with Gasteiger partial charge in [-0.2, -0.15) is 8.42 Å². The van der Waals surface area contributed by atoms with E-state index >= 15 is 0 Å². The molecule has 4 nitrogen and oxygen atoms in total. The molecular weight excluding hydrogens is 288 g/mol. The predicted octanol–water partition coefficient (Wildman–Crippen LogP) is 2.82. The first-order valence-corrected chi connectivity index (χ1v) is 7.09. The third-order valence-electron chi connectivity index (χ3n) is 2.52. The topological polar surface area (TPSA) is 71.4 Å². The van der Waals surface area contributed by atoms with Gasteiger partial charge in [0, 0.05) is 5.56 Å². The number of halogens is 1. The molecule has 0 atom stereocenters. The lowest BCUT2D eigenvalue weighted by atomic mass is 10.0. The molecule has 2 aromatic rings. The molecule has 98 valence electrons. The van der Waals surface area contributed by atoms with Gasteiger partial charge in [-0.3, -0.25) is 9.35 Å². The van der Waals surface area contributed by atoms with E-state index in [2.05, 4.69) is 0 Å². The molecule has 6 heteroatoms. The van der Waals surface area contributed by atoms with Crippen LogP contribution in [0.5, 0.6) is 0 Å². The van der Waals surface area contributed by atoms with Crippen LogP contribution in [0.2, 0.25) is 5.02 Å². The van der Waals surface area contributed by atoms with Crippen molar-refractivity contribution in [3.63, 3.8) is 0 Å². The van der Waals surface area contributed by atoms with E-state index in [0.29, 0.717) is 5.56 Å². The molecule has 0 aliphatic carbocycles. The Bertz CT molecular complexity index is 724. The Labute approximate surface area is 115 Å². The smallest absolute Gasteiger partial charge is 0.289 e. The Morgan fingerprint density at radius 3 is 2.21 bits per heavy atom. The van der Waals surface area contributed by atoms with Crippen molar-refractivity contribution < 1.29 is 17.8 Å². The maximum Gasteiger partial charge on any atom is 0.295 e. The van der Waals surface area contributed by atoms with E-state index < -0.39 is 20.8 Å². The first-order chi connectivity index (χ1) is 8.91. The monoisotopic (exact) mass is 296 g/mol. The lowest BCUT2D eigenvalue weighted by molar-refractivity contribution is 0.103. The van der Waals surface area contributed by atoms with Gasteiger partial charge in [-0.1, -0.05) is 48.0 Å². The molecule has 2 aromatic carbocycles. The lowest BCUT2D eigenvalue weighted by Crippen LogP contribution is -2.10. The average molecular weight is 297 g/mol. The highest BCUT2D eigenvalue weighted by Gasteiger charge is 2.23. The first-order valence-electron chi connectivity index (χ1n) is 5.27. The summed E-state index contributed by atoms with van der Waals surface area (Å²) in [5.41, 5.74) is 0.0679. The van der Waals surface area contributed by atoms with Crippen LogP contribution in [0, 0.1) is 0 Å². The third kappa shape index (κ3) is 2.84. The van der Waals surface area contributed by atoms with Crippen LogP contribution in [0.25, 0.3) is 0 Å². The molecule has 0 amide bonds. The summed E-state index contributed by atoms with van der Waals surface area (Å²) in [4.78, 5) is 11.8. The van der Waals surface area contributed by atoms with Crippen molar-refractivity contribution in [1.82, 2.24) is 0 Å². The van der Waals surface area contributed by atoms with E-state index in [1.807, 2.05) is 0 Å². The summed E-state index contributed by atoms with van der Waals surface area (Å²) in [5, 5.41) is -0.0241. The Balaban J connectivity index is 2.67. The lowest BCUT2D eigenvalue weighted by Gasteiger charge is -2.08. The first kappa shape index (κ1) is 13.7. The van der Waals surface area contributed by atoms with Crippen molar-refractivity contribution in [2.75, 3.05) is 0 Å². The van der Waals surface area contributed by atoms with E-state index in [4.69, 9.17) is 16.2 Å². The van der Waals surface area contributed by atoms with Gasteiger partial charge in [-0.05, 0) is 12.1 Å². The van der Waals surface area contributed by atoms with Crippen LogP contribution < -0.4 is 0 Å². The quantitative estimate of drug-likeness (QED) is 0.698. The standard InChI is InChI=1S/C13H9ClO4S/c14-10-7-4-8-11(19(16,17)18)12(10)13(15)9-5-2-1-3-6-9/h1-8H,(H,16,17,18). The van der Waals surface area contributed by atoms with Crippen molar-refractivity contribution in [3.05, 3.63) is 64.7 Å². The normalized spacial score (nSPS) is 11.3.